The van der Waals surface area contributed by atoms with Gasteiger partial charge in [-0.05, 0) is 34.9 Å². The van der Waals surface area contributed by atoms with Crippen LogP contribution in [0, 0.1) is 0 Å². The standard InChI is InChI=1S/C18H17N3O2/c19-10-12-3-1-2-4-15(12)11-5-6-16-13(7-11)8-14(18(22)23)9-17(20)21-16/h1-8H,9-10,19H2,(H2,20,21)(H,22,23). The van der Waals surface area contributed by atoms with Crippen LogP contribution < -0.4 is 11.5 Å². The fourth-order valence-electron chi connectivity index (χ4n) is 2.68. The highest BCUT2D eigenvalue weighted by Crippen LogP contribution is 2.32. The molecule has 2 aromatic rings. The predicted molar refractivity (Wildman–Crippen MR) is 91.3 cm³/mol. The molecule has 2 aromatic carbocycles. The summed E-state index contributed by atoms with van der Waals surface area (Å²) in [5, 5.41) is 9.28. The van der Waals surface area contributed by atoms with Crippen molar-refractivity contribution in [2.75, 3.05) is 0 Å². The maximum atomic E-state index is 11.3. The summed E-state index contributed by atoms with van der Waals surface area (Å²) in [4.78, 5) is 15.6. The molecular formula is C18H17N3O2. The lowest BCUT2D eigenvalue weighted by Gasteiger charge is -2.10. The van der Waals surface area contributed by atoms with Crippen molar-refractivity contribution in [1.29, 1.82) is 0 Å². The molecule has 0 radical (unpaired) electrons. The molecule has 0 fully saturated rings. The minimum absolute atomic E-state index is 0.138. The van der Waals surface area contributed by atoms with Crippen molar-refractivity contribution in [2.24, 2.45) is 16.5 Å². The maximum absolute atomic E-state index is 11.3. The zero-order valence-corrected chi connectivity index (χ0v) is 12.5. The Morgan fingerprint density at radius 2 is 2.00 bits per heavy atom. The number of amidine groups is 1. The monoisotopic (exact) mass is 307 g/mol. The highest BCUT2D eigenvalue weighted by molar-refractivity contribution is 6.02. The summed E-state index contributed by atoms with van der Waals surface area (Å²) >= 11 is 0. The van der Waals surface area contributed by atoms with Crippen LogP contribution in [0.3, 0.4) is 0 Å². The number of rotatable bonds is 3. The number of hydrogen-bond donors (Lipinski definition) is 3. The van der Waals surface area contributed by atoms with Gasteiger partial charge in [-0.1, -0.05) is 30.3 Å². The molecular weight excluding hydrogens is 290 g/mol. The van der Waals surface area contributed by atoms with Gasteiger partial charge in [0.25, 0.3) is 0 Å². The average Bonchev–Trinajstić information content (AvgIpc) is 2.72. The van der Waals surface area contributed by atoms with Crippen molar-refractivity contribution in [3.8, 4) is 11.1 Å². The van der Waals surface area contributed by atoms with E-state index >= 15 is 0 Å². The third kappa shape index (κ3) is 3.00. The number of carboxylic acid groups (broad SMARTS) is 1. The lowest BCUT2D eigenvalue weighted by atomic mass is 9.96. The zero-order valence-electron chi connectivity index (χ0n) is 12.5. The van der Waals surface area contributed by atoms with E-state index in [2.05, 4.69) is 4.99 Å². The van der Waals surface area contributed by atoms with E-state index in [-0.39, 0.29) is 12.0 Å². The minimum atomic E-state index is -0.983. The van der Waals surface area contributed by atoms with Gasteiger partial charge in [0.1, 0.15) is 5.84 Å². The molecule has 0 unspecified atom stereocenters. The third-order valence-electron chi connectivity index (χ3n) is 3.82. The van der Waals surface area contributed by atoms with Gasteiger partial charge in [-0.15, -0.1) is 0 Å². The Labute approximate surface area is 134 Å². The van der Waals surface area contributed by atoms with E-state index in [4.69, 9.17) is 11.5 Å². The molecule has 5 heteroatoms. The molecule has 0 amide bonds. The Morgan fingerprint density at radius 1 is 1.22 bits per heavy atom. The summed E-state index contributed by atoms with van der Waals surface area (Å²) in [5.41, 5.74) is 16.3. The van der Waals surface area contributed by atoms with Crippen LogP contribution in [-0.2, 0) is 11.3 Å². The summed E-state index contributed by atoms with van der Waals surface area (Å²) < 4.78 is 0. The Bertz CT molecular complexity index is 838. The number of aliphatic imine (C=N–C) groups is 1. The molecule has 0 saturated heterocycles. The predicted octanol–water partition coefficient (Wildman–Crippen LogP) is 2.67. The molecule has 0 atom stereocenters. The van der Waals surface area contributed by atoms with Crippen molar-refractivity contribution in [3.63, 3.8) is 0 Å². The normalized spacial score (nSPS) is 13.6. The quantitative estimate of drug-likeness (QED) is 0.811. The number of carboxylic acids is 1. The molecule has 0 saturated carbocycles. The van der Waals surface area contributed by atoms with E-state index in [1.165, 1.54) is 0 Å². The first-order chi connectivity index (χ1) is 11.1. The van der Waals surface area contributed by atoms with Crippen LogP contribution in [0.5, 0.6) is 0 Å². The first kappa shape index (κ1) is 15.0. The van der Waals surface area contributed by atoms with Crippen LogP contribution in [-0.4, -0.2) is 16.9 Å². The molecule has 23 heavy (non-hydrogen) atoms. The van der Waals surface area contributed by atoms with Crippen LogP contribution >= 0.6 is 0 Å². The topological polar surface area (TPSA) is 102 Å². The van der Waals surface area contributed by atoms with Gasteiger partial charge in [-0.25, -0.2) is 9.79 Å². The van der Waals surface area contributed by atoms with Gasteiger partial charge in [-0.2, -0.15) is 0 Å². The third-order valence-corrected chi connectivity index (χ3v) is 3.82. The summed E-state index contributed by atoms with van der Waals surface area (Å²) in [6.07, 6.45) is 1.77. The van der Waals surface area contributed by atoms with E-state index in [9.17, 15) is 9.90 Å². The van der Waals surface area contributed by atoms with Crippen molar-refractivity contribution in [1.82, 2.24) is 0 Å². The lowest BCUT2D eigenvalue weighted by molar-refractivity contribution is -0.132. The maximum Gasteiger partial charge on any atom is 0.332 e. The SMILES string of the molecule is NCc1ccccc1-c1ccc2c(c1)C=C(C(=O)O)CC(N)=N2. The van der Waals surface area contributed by atoms with E-state index < -0.39 is 5.97 Å². The molecule has 0 spiro atoms. The summed E-state index contributed by atoms with van der Waals surface area (Å²) in [5.74, 6) is -0.684. The van der Waals surface area contributed by atoms with Crippen LogP contribution in [0.15, 0.2) is 53.0 Å². The average molecular weight is 307 g/mol. The zero-order chi connectivity index (χ0) is 16.4. The van der Waals surface area contributed by atoms with E-state index in [1.807, 2.05) is 42.5 Å². The van der Waals surface area contributed by atoms with Crippen molar-refractivity contribution in [2.45, 2.75) is 13.0 Å². The number of benzene rings is 2. The number of carbonyl (C=O) groups is 1. The summed E-state index contributed by atoms with van der Waals surface area (Å²) in [6, 6.07) is 13.6. The largest absolute Gasteiger partial charge is 0.478 e. The number of nitrogens with zero attached hydrogens (tertiary/aromatic N) is 1. The molecule has 5 N–H and O–H groups in total. The van der Waals surface area contributed by atoms with Gasteiger partial charge in [0, 0.05) is 24.1 Å². The highest BCUT2D eigenvalue weighted by atomic mass is 16.4. The summed E-state index contributed by atoms with van der Waals surface area (Å²) in [6.45, 7) is 0.439. The lowest BCUT2D eigenvalue weighted by Crippen LogP contribution is -2.14. The van der Waals surface area contributed by atoms with Crippen molar-refractivity contribution < 1.29 is 9.90 Å². The number of hydrogen-bond acceptors (Lipinski definition) is 4. The van der Waals surface area contributed by atoms with Crippen LogP contribution in [0.1, 0.15) is 17.5 Å². The van der Waals surface area contributed by atoms with Crippen molar-refractivity contribution >= 4 is 23.6 Å². The fraction of sp³-hybridized carbons (Fsp3) is 0.111. The van der Waals surface area contributed by atoms with Crippen LogP contribution in [0.4, 0.5) is 5.69 Å². The van der Waals surface area contributed by atoms with Gasteiger partial charge in [0.05, 0.1) is 5.69 Å². The van der Waals surface area contributed by atoms with Gasteiger partial charge in [-0.3, -0.25) is 0 Å². The Kier molecular flexibility index (Phi) is 3.95. The van der Waals surface area contributed by atoms with E-state index in [1.54, 1.807) is 6.08 Å². The van der Waals surface area contributed by atoms with Gasteiger partial charge in [0.2, 0.25) is 0 Å². The summed E-state index contributed by atoms with van der Waals surface area (Å²) in [7, 11) is 0. The molecule has 0 aromatic heterocycles. The Morgan fingerprint density at radius 3 is 2.74 bits per heavy atom. The van der Waals surface area contributed by atoms with Crippen LogP contribution in [0.2, 0.25) is 0 Å². The fourth-order valence-corrected chi connectivity index (χ4v) is 2.68. The number of nitrogens with two attached hydrogens (primary N) is 2. The second kappa shape index (κ2) is 6.06. The molecule has 1 heterocycles. The first-order valence-corrected chi connectivity index (χ1v) is 7.28. The number of aliphatic carboxylic acids is 1. The molecule has 1 aliphatic rings. The van der Waals surface area contributed by atoms with Gasteiger partial charge < -0.3 is 16.6 Å². The molecule has 0 aliphatic carbocycles. The van der Waals surface area contributed by atoms with E-state index in [0.29, 0.717) is 18.1 Å². The number of fused-ring (bicyclic) bond motifs is 1. The molecule has 5 nitrogen and oxygen atoms in total. The molecule has 1 aliphatic heterocycles. The van der Waals surface area contributed by atoms with Crippen molar-refractivity contribution in [3.05, 3.63) is 59.2 Å². The minimum Gasteiger partial charge on any atom is -0.478 e. The van der Waals surface area contributed by atoms with Gasteiger partial charge in [0.15, 0.2) is 0 Å². The molecule has 116 valence electrons. The Hall–Kier alpha value is -2.92. The second-order valence-electron chi connectivity index (χ2n) is 5.39. The second-order valence-corrected chi connectivity index (χ2v) is 5.39. The smallest absolute Gasteiger partial charge is 0.332 e. The Balaban J connectivity index is 2.15. The van der Waals surface area contributed by atoms with Crippen LogP contribution in [0.25, 0.3) is 17.2 Å². The van der Waals surface area contributed by atoms with E-state index in [0.717, 1.165) is 22.3 Å². The highest BCUT2D eigenvalue weighted by Gasteiger charge is 2.16. The van der Waals surface area contributed by atoms with Gasteiger partial charge >= 0.3 is 5.97 Å². The first-order valence-electron chi connectivity index (χ1n) is 7.28. The molecule has 3 rings (SSSR count). The molecule has 0 bridgehead atoms.